The fourth-order valence-electron chi connectivity index (χ4n) is 3.81. The average molecular weight is 276 g/mol. The molecular formula is C17H25FN2. The SMILES string of the molecule is Cc1ccc([C@@H](C2CCCC2)N2CCNCC2)cc1F. The highest BCUT2D eigenvalue weighted by molar-refractivity contribution is 5.26. The smallest absolute Gasteiger partial charge is 0.126 e. The Kier molecular flexibility index (Phi) is 4.37. The van der Waals surface area contributed by atoms with Crippen molar-refractivity contribution in [1.29, 1.82) is 0 Å². The van der Waals surface area contributed by atoms with Crippen LogP contribution in [0.1, 0.15) is 42.9 Å². The van der Waals surface area contributed by atoms with Crippen LogP contribution >= 0.6 is 0 Å². The van der Waals surface area contributed by atoms with Gasteiger partial charge < -0.3 is 5.32 Å². The number of piperazine rings is 1. The Hall–Kier alpha value is -0.930. The summed E-state index contributed by atoms with van der Waals surface area (Å²) in [5.41, 5.74) is 1.93. The second kappa shape index (κ2) is 6.23. The Morgan fingerprint density at radius 1 is 1.20 bits per heavy atom. The Bertz CT molecular complexity index is 448. The molecule has 0 radical (unpaired) electrons. The van der Waals surface area contributed by atoms with Crippen molar-refractivity contribution in [3.63, 3.8) is 0 Å². The number of rotatable bonds is 3. The number of hydrogen-bond acceptors (Lipinski definition) is 2. The molecule has 1 saturated heterocycles. The number of nitrogens with zero attached hydrogens (tertiary/aromatic N) is 1. The lowest BCUT2D eigenvalue weighted by molar-refractivity contribution is 0.125. The molecule has 1 atom stereocenters. The van der Waals surface area contributed by atoms with Gasteiger partial charge in [0.05, 0.1) is 0 Å². The summed E-state index contributed by atoms with van der Waals surface area (Å²) in [6.07, 6.45) is 5.26. The molecule has 0 bridgehead atoms. The van der Waals surface area contributed by atoms with Crippen molar-refractivity contribution in [3.8, 4) is 0 Å². The van der Waals surface area contributed by atoms with Crippen molar-refractivity contribution >= 4 is 0 Å². The number of halogens is 1. The molecule has 1 aliphatic heterocycles. The van der Waals surface area contributed by atoms with Crippen molar-refractivity contribution in [2.45, 2.75) is 38.6 Å². The highest BCUT2D eigenvalue weighted by atomic mass is 19.1. The first-order valence-corrected chi connectivity index (χ1v) is 7.96. The lowest BCUT2D eigenvalue weighted by Gasteiger charge is -2.38. The van der Waals surface area contributed by atoms with Crippen molar-refractivity contribution in [1.82, 2.24) is 10.2 Å². The zero-order valence-electron chi connectivity index (χ0n) is 12.4. The van der Waals surface area contributed by atoms with Gasteiger partial charge in [-0.3, -0.25) is 4.90 Å². The van der Waals surface area contributed by atoms with E-state index in [1.54, 1.807) is 6.07 Å². The maximum absolute atomic E-state index is 14.0. The van der Waals surface area contributed by atoms with E-state index in [2.05, 4.69) is 16.3 Å². The van der Waals surface area contributed by atoms with E-state index in [0.717, 1.165) is 31.7 Å². The minimum absolute atomic E-state index is 0.0550. The third-order valence-electron chi connectivity index (χ3n) is 4.93. The van der Waals surface area contributed by atoms with Gasteiger partial charge in [0.2, 0.25) is 0 Å². The monoisotopic (exact) mass is 276 g/mol. The van der Waals surface area contributed by atoms with Crippen LogP contribution in [0.4, 0.5) is 4.39 Å². The summed E-state index contributed by atoms with van der Waals surface area (Å²) in [6, 6.07) is 6.27. The topological polar surface area (TPSA) is 15.3 Å². The Labute approximate surface area is 121 Å². The summed E-state index contributed by atoms with van der Waals surface area (Å²) in [7, 11) is 0. The van der Waals surface area contributed by atoms with Gasteiger partial charge in [0.1, 0.15) is 5.82 Å². The maximum atomic E-state index is 14.0. The van der Waals surface area contributed by atoms with Gasteiger partial charge in [-0.1, -0.05) is 25.0 Å². The fraction of sp³-hybridized carbons (Fsp3) is 0.647. The molecule has 0 aromatic heterocycles. The van der Waals surface area contributed by atoms with Gasteiger partial charge in [-0.2, -0.15) is 0 Å². The Balaban J connectivity index is 1.88. The van der Waals surface area contributed by atoms with Gasteiger partial charge in [-0.15, -0.1) is 0 Å². The van der Waals surface area contributed by atoms with Crippen LogP contribution in [0.5, 0.6) is 0 Å². The van der Waals surface area contributed by atoms with Gasteiger partial charge in [0.25, 0.3) is 0 Å². The van der Waals surface area contributed by atoms with Gasteiger partial charge in [0, 0.05) is 32.2 Å². The van der Waals surface area contributed by atoms with Crippen molar-refractivity contribution in [2.24, 2.45) is 5.92 Å². The van der Waals surface area contributed by atoms with Crippen LogP contribution in [-0.4, -0.2) is 31.1 Å². The minimum atomic E-state index is -0.0550. The van der Waals surface area contributed by atoms with Crippen molar-refractivity contribution < 1.29 is 4.39 Å². The van der Waals surface area contributed by atoms with Crippen molar-refractivity contribution in [2.75, 3.05) is 26.2 Å². The molecule has 1 heterocycles. The zero-order chi connectivity index (χ0) is 13.9. The second-order valence-electron chi connectivity index (χ2n) is 6.28. The van der Waals surface area contributed by atoms with E-state index in [4.69, 9.17) is 0 Å². The zero-order valence-corrected chi connectivity index (χ0v) is 12.4. The second-order valence-corrected chi connectivity index (χ2v) is 6.28. The van der Waals surface area contributed by atoms with Crippen LogP contribution < -0.4 is 5.32 Å². The van der Waals surface area contributed by atoms with E-state index in [9.17, 15) is 4.39 Å². The van der Waals surface area contributed by atoms with E-state index in [1.165, 1.54) is 31.2 Å². The molecule has 1 saturated carbocycles. The van der Waals surface area contributed by atoms with Gasteiger partial charge >= 0.3 is 0 Å². The van der Waals surface area contributed by atoms with Crippen molar-refractivity contribution in [3.05, 3.63) is 35.1 Å². The Morgan fingerprint density at radius 2 is 1.90 bits per heavy atom. The Morgan fingerprint density at radius 3 is 2.55 bits per heavy atom. The third kappa shape index (κ3) is 2.89. The van der Waals surface area contributed by atoms with Gasteiger partial charge in [-0.25, -0.2) is 4.39 Å². The molecule has 0 amide bonds. The molecule has 2 fully saturated rings. The molecule has 20 heavy (non-hydrogen) atoms. The van der Waals surface area contributed by atoms with Crippen LogP contribution in [0.2, 0.25) is 0 Å². The first-order chi connectivity index (χ1) is 9.75. The number of nitrogens with one attached hydrogen (secondary N) is 1. The molecule has 1 aromatic carbocycles. The summed E-state index contributed by atoms with van der Waals surface area (Å²) in [6.45, 7) is 6.11. The molecule has 110 valence electrons. The molecule has 1 aliphatic carbocycles. The molecule has 0 spiro atoms. The summed E-state index contributed by atoms with van der Waals surface area (Å²) < 4.78 is 14.0. The molecular weight excluding hydrogens is 251 g/mol. The number of benzene rings is 1. The first kappa shape index (κ1) is 14.0. The van der Waals surface area contributed by atoms with Crippen LogP contribution in [0.15, 0.2) is 18.2 Å². The first-order valence-electron chi connectivity index (χ1n) is 7.96. The van der Waals surface area contributed by atoms with Gasteiger partial charge in [0.15, 0.2) is 0 Å². The number of aryl methyl sites for hydroxylation is 1. The van der Waals surface area contributed by atoms with E-state index in [-0.39, 0.29) is 5.82 Å². The lowest BCUT2D eigenvalue weighted by atomic mass is 9.89. The van der Waals surface area contributed by atoms with E-state index in [0.29, 0.717) is 12.0 Å². The average Bonchev–Trinajstić information content (AvgIpc) is 2.98. The standard InChI is InChI=1S/C17H25FN2/c1-13-6-7-15(12-16(13)18)17(14-4-2-3-5-14)20-10-8-19-9-11-20/h6-7,12,14,17,19H,2-5,8-11H2,1H3/t17-/m1/s1. The van der Waals surface area contributed by atoms with E-state index >= 15 is 0 Å². The molecule has 2 nitrogen and oxygen atoms in total. The predicted octanol–water partition coefficient (Wildman–Crippen LogP) is 3.27. The molecule has 3 heteroatoms. The third-order valence-corrected chi connectivity index (χ3v) is 4.93. The highest BCUT2D eigenvalue weighted by Gasteiger charge is 2.32. The summed E-state index contributed by atoms with van der Waals surface area (Å²) in [5, 5.41) is 3.42. The molecule has 2 aliphatic rings. The molecule has 0 unspecified atom stereocenters. The van der Waals surface area contributed by atoms with Crippen LogP contribution in [0.3, 0.4) is 0 Å². The normalized spacial score (nSPS) is 23.1. The largest absolute Gasteiger partial charge is 0.314 e. The molecule has 1 N–H and O–H groups in total. The highest BCUT2D eigenvalue weighted by Crippen LogP contribution is 2.39. The predicted molar refractivity (Wildman–Crippen MR) is 80.3 cm³/mol. The fourth-order valence-corrected chi connectivity index (χ4v) is 3.81. The minimum Gasteiger partial charge on any atom is -0.314 e. The summed E-state index contributed by atoms with van der Waals surface area (Å²) >= 11 is 0. The summed E-state index contributed by atoms with van der Waals surface area (Å²) in [5.74, 6) is 0.649. The molecule has 3 rings (SSSR count). The van der Waals surface area contributed by atoms with E-state index in [1.807, 2.05) is 13.0 Å². The van der Waals surface area contributed by atoms with Gasteiger partial charge in [-0.05, 0) is 42.9 Å². The lowest BCUT2D eigenvalue weighted by Crippen LogP contribution is -2.46. The molecule has 1 aromatic rings. The van der Waals surface area contributed by atoms with Crippen LogP contribution in [0.25, 0.3) is 0 Å². The summed E-state index contributed by atoms with van der Waals surface area (Å²) in [4.78, 5) is 2.57. The van der Waals surface area contributed by atoms with Crippen LogP contribution in [0, 0.1) is 18.7 Å². The quantitative estimate of drug-likeness (QED) is 0.911. The number of hydrogen-bond donors (Lipinski definition) is 1. The maximum Gasteiger partial charge on any atom is 0.126 e. The van der Waals surface area contributed by atoms with Crippen LogP contribution in [-0.2, 0) is 0 Å². The van der Waals surface area contributed by atoms with E-state index < -0.39 is 0 Å².